The number of hydrogen-bond donors (Lipinski definition) is 2. The molecule has 0 aliphatic heterocycles. The van der Waals surface area contributed by atoms with Crippen molar-refractivity contribution in [3.63, 3.8) is 0 Å². The Balaban J connectivity index is 2.30. The first-order valence-electron chi connectivity index (χ1n) is 6.46. The normalized spacial score (nSPS) is 11.4. The molecule has 2 aromatic carbocycles. The number of sulfonamides is 1. The number of anilines is 2. The predicted molar refractivity (Wildman–Crippen MR) is 85.5 cm³/mol. The molecule has 5 nitrogen and oxygen atoms in total. The van der Waals surface area contributed by atoms with Crippen molar-refractivity contribution in [1.82, 2.24) is 0 Å². The van der Waals surface area contributed by atoms with Gasteiger partial charge in [0.2, 0.25) is 10.0 Å². The molecule has 0 aliphatic carbocycles. The maximum atomic E-state index is 11.4. The Labute approximate surface area is 125 Å². The summed E-state index contributed by atoms with van der Waals surface area (Å²) in [5.41, 5.74) is 9.39. The fourth-order valence-corrected chi connectivity index (χ4v) is 2.62. The SMILES string of the molecule is Cc1ccc(CN(C)c2cc(S(N)(=O)=O)ccc2N)cc1. The quantitative estimate of drug-likeness (QED) is 0.844. The van der Waals surface area contributed by atoms with E-state index in [1.807, 2.05) is 43.1 Å². The van der Waals surface area contributed by atoms with E-state index in [1.54, 1.807) is 6.07 Å². The van der Waals surface area contributed by atoms with Crippen molar-refractivity contribution in [3.8, 4) is 0 Å². The Hall–Kier alpha value is -2.05. The van der Waals surface area contributed by atoms with Crippen molar-refractivity contribution in [1.29, 1.82) is 0 Å². The Bertz CT molecular complexity index is 740. The van der Waals surface area contributed by atoms with Crippen LogP contribution >= 0.6 is 0 Å². The van der Waals surface area contributed by atoms with Gasteiger partial charge in [-0.3, -0.25) is 0 Å². The molecule has 0 fully saturated rings. The number of nitrogens with zero attached hydrogens (tertiary/aromatic N) is 1. The number of nitrogen functional groups attached to an aromatic ring is 1. The summed E-state index contributed by atoms with van der Waals surface area (Å²) in [5, 5.41) is 5.16. The largest absolute Gasteiger partial charge is 0.397 e. The van der Waals surface area contributed by atoms with Crippen LogP contribution in [0.25, 0.3) is 0 Å². The molecule has 0 amide bonds. The lowest BCUT2D eigenvalue weighted by Crippen LogP contribution is -2.19. The summed E-state index contributed by atoms with van der Waals surface area (Å²) in [6.07, 6.45) is 0. The van der Waals surface area contributed by atoms with Crippen molar-refractivity contribution in [2.75, 3.05) is 17.7 Å². The zero-order chi connectivity index (χ0) is 15.6. The van der Waals surface area contributed by atoms with Gasteiger partial charge in [-0.2, -0.15) is 0 Å². The molecule has 0 heterocycles. The Morgan fingerprint density at radius 1 is 1.10 bits per heavy atom. The molecule has 0 radical (unpaired) electrons. The molecule has 2 rings (SSSR count). The Morgan fingerprint density at radius 2 is 1.71 bits per heavy atom. The summed E-state index contributed by atoms with van der Waals surface area (Å²) in [7, 11) is -1.88. The molecular weight excluding hydrogens is 286 g/mol. The van der Waals surface area contributed by atoms with E-state index in [9.17, 15) is 8.42 Å². The second-order valence-corrected chi connectivity index (χ2v) is 6.67. The molecule has 112 valence electrons. The van der Waals surface area contributed by atoms with Crippen LogP contribution in [0.3, 0.4) is 0 Å². The lowest BCUT2D eigenvalue weighted by Gasteiger charge is -2.22. The Morgan fingerprint density at radius 3 is 2.29 bits per heavy atom. The van der Waals surface area contributed by atoms with Crippen LogP contribution in [-0.4, -0.2) is 15.5 Å². The topological polar surface area (TPSA) is 89.4 Å². The summed E-state index contributed by atoms with van der Waals surface area (Å²) in [5.74, 6) is 0. The van der Waals surface area contributed by atoms with Gasteiger partial charge in [0.15, 0.2) is 0 Å². The van der Waals surface area contributed by atoms with Crippen LogP contribution in [0.5, 0.6) is 0 Å². The number of benzene rings is 2. The van der Waals surface area contributed by atoms with E-state index >= 15 is 0 Å². The van der Waals surface area contributed by atoms with Crippen molar-refractivity contribution in [3.05, 3.63) is 53.6 Å². The van der Waals surface area contributed by atoms with Gasteiger partial charge < -0.3 is 10.6 Å². The van der Waals surface area contributed by atoms with E-state index in [4.69, 9.17) is 10.9 Å². The summed E-state index contributed by atoms with van der Waals surface area (Å²) in [6.45, 7) is 2.65. The van der Waals surface area contributed by atoms with Gasteiger partial charge in [-0.15, -0.1) is 0 Å². The minimum Gasteiger partial charge on any atom is -0.397 e. The van der Waals surface area contributed by atoms with Crippen molar-refractivity contribution in [2.24, 2.45) is 5.14 Å². The predicted octanol–water partition coefficient (Wildman–Crippen LogP) is 1.86. The minimum atomic E-state index is -3.74. The smallest absolute Gasteiger partial charge is 0.238 e. The van der Waals surface area contributed by atoms with Crippen molar-refractivity contribution >= 4 is 21.4 Å². The molecule has 21 heavy (non-hydrogen) atoms. The molecule has 0 unspecified atom stereocenters. The molecule has 0 aliphatic rings. The van der Waals surface area contributed by atoms with E-state index in [0.717, 1.165) is 5.56 Å². The molecule has 0 saturated heterocycles. The molecule has 0 spiro atoms. The highest BCUT2D eigenvalue weighted by Gasteiger charge is 2.13. The van der Waals surface area contributed by atoms with Crippen LogP contribution in [0.15, 0.2) is 47.4 Å². The molecule has 0 atom stereocenters. The van der Waals surface area contributed by atoms with E-state index in [-0.39, 0.29) is 4.90 Å². The second-order valence-electron chi connectivity index (χ2n) is 5.11. The van der Waals surface area contributed by atoms with E-state index in [0.29, 0.717) is 17.9 Å². The highest BCUT2D eigenvalue weighted by atomic mass is 32.2. The molecule has 0 saturated carbocycles. The van der Waals surface area contributed by atoms with Crippen LogP contribution in [0.2, 0.25) is 0 Å². The molecular formula is C15H19N3O2S. The third kappa shape index (κ3) is 3.74. The van der Waals surface area contributed by atoms with E-state index in [2.05, 4.69) is 0 Å². The standard InChI is InChI=1S/C15H19N3O2S/c1-11-3-5-12(6-4-11)10-18(2)15-9-13(21(17,19)20)7-8-14(15)16/h3-9H,10,16H2,1-2H3,(H2,17,19,20). The van der Waals surface area contributed by atoms with Crippen LogP contribution in [0, 0.1) is 6.92 Å². The first-order chi connectivity index (χ1) is 9.77. The third-order valence-corrected chi connectivity index (χ3v) is 4.19. The van der Waals surface area contributed by atoms with Gasteiger partial charge in [0.1, 0.15) is 0 Å². The van der Waals surface area contributed by atoms with Gasteiger partial charge in [-0.05, 0) is 30.7 Å². The number of rotatable bonds is 4. The van der Waals surface area contributed by atoms with E-state index in [1.165, 1.54) is 17.7 Å². The van der Waals surface area contributed by atoms with Crippen molar-refractivity contribution in [2.45, 2.75) is 18.4 Å². The van der Waals surface area contributed by atoms with Gasteiger partial charge in [-0.25, -0.2) is 13.6 Å². The Kier molecular flexibility index (Phi) is 4.20. The molecule has 4 N–H and O–H groups in total. The van der Waals surface area contributed by atoms with Gasteiger partial charge in [0, 0.05) is 13.6 Å². The first kappa shape index (κ1) is 15.3. The molecule has 0 bridgehead atoms. The van der Waals surface area contributed by atoms with Crippen molar-refractivity contribution < 1.29 is 8.42 Å². The summed E-state index contributed by atoms with van der Waals surface area (Å²) in [6, 6.07) is 12.6. The van der Waals surface area contributed by atoms with Gasteiger partial charge >= 0.3 is 0 Å². The molecule has 0 aromatic heterocycles. The van der Waals surface area contributed by atoms with Crippen LogP contribution < -0.4 is 15.8 Å². The van der Waals surface area contributed by atoms with Crippen LogP contribution in [-0.2, 0) is 16.6 Å². The zero-order valence-electron chi connectivity index (χ0n) is 12.1. The average molecular weight is 305 g/mol. The fourth-order valence-electron chi connectivity index (χ4n) is 2.08. The highest BCUT2D eigenvalue weighted by Crippen LogP contribution is 2.26. The lowest BCUT2D eigenvalue weighted by atomic mass is 10.1. The van der Waals surface area contributed by atoms with Crippen LogP contribution in [0.4, 0.5) is 11.4 Å². The maximum Gasteiger partial charge on any atom is 0.238 e. The number of nitrogens with two attached hydrogens (primary N) is 2. The number of aryl methyl sites for hydroxylation is 1. The fraction of sp³-hybridized carbons (Fsp3) is 0.200. The summed E-state index contributed by atoms with van der Waals surface area (Å²) in [4.78, 5) is 1.96. The molecule has 2 aromatic rings. The van der Waals surface area contributed by atoms with E-state index < -0.39 is 10.0 Å². The average Bonchev–Trinajstić information content (AvgIpc) is 2.40. The van der Waals surface area contributed by atoms with Gasteiger partial charge in [0.05, 0.1) is 16.3 Å². The minimum absolute atomic E-state index is 0.0578. The maximum absolute atomic E-state index is 11.4. The third-order valence-electron chi connectivity index (χ3n) is 3.28. The zero-order valence-corrected chi connectivity index (χ0v) is 12.9. The monoisotopic (exact) mass is 305 g/mol. The van der Waals surface area contributed by atoms with Gasteiger partial charge in [0.25, 0.3) is 0 Å². The van der Waals surface area contributed by atoms with Crippen LogP contribution in [0.1, 0.15) is 11.1 Å². The summed E-state index contributed by atoms with van der Waals surface area (Å²) < 4.78 is 22.9. The van der Waals surface area contributed by atoms with Gasteiger partial charge in [-0.1, -0.05) is 29.8 Å². The highest BCUT2D eigenvalue weighted by molar-refractivity contribution is 7.89. The molecule has 6 heteroatoms. The second kappa shape index (κ2) is 5.75. The summed E-state index contributed by atoms with van der Waals surface area (Å²) >= 11 is 0. The first-order valence-corrected chi connectivity index (χ1v) is 8.01. The lowest BCUT2D eigenvalue weighted by molar-refractivity contribution is 0.598. The number of hydrogen-bond acceptors (Lipinski definition) is 4. The number of primary sulfonamides is 1.